The Morgan fingerprint density at radius 3 is 2.54 bits per heavy atom. The Labute approximate surface area is 146 Å². The Morgan fingerprint density at radius 2 is 1.83 bits per heavy atom. The van der Waals surface area contributed by atoms with Crippen molar-refractivity contribution in [1.82, 2.24) is 5.32 Å². The average Bonchev–Trinajstić information content (AvgIpc) is 2.50. The molecule has 0 aliphatic heterocycles. The number of carbonyl (C=O) groups is 2. The number of hydrogen-bond donors (Lipinski definition) is 1. The molecule has 0 aliphatic carbocycles. The first-order valence-corrected chi connectivity index (χ1v) is 8.00. The van der Waals surface area contributed by atoms with E-state index in [0.29, 0.717) is 5.56 Å². The van der Waals surface area contributed by atoms with Crippen LogP contribution < -0.4 is 5.32 Å². The van der Waals surface area contributed by atoms with Crippen molar-refractivity contribution in [3.05, 3.63) is 46.4 Å². The molecular weight excluding hydrogens is 384 g/mol. The largest absolute Gasteiger partial charge is 0.456 e. The van der Waals surface area contributed by atoms with Crippen molar-refractivity contribution in [1.29, 1.82) is 0 Å². The maximum atomic E-state index is 12.6. The van der Waals surface area contributed by atoms with Crippen LogP contribution in [0.2, 0.25) is 0 Å². The summed E-state index contributed by atoms with van der Waals surface area (Å²) in [5.41, 5.74) is 0.422. The molecule has 0 unspecified atom stereocenters. The molecule has 7 heteroatoms. The molecule has 0 aromatic heterocycles. The van der Waals surface area contributed by atoms with Gasteiger partial charge in [0.15, 0.2) is 12.4 Å². The minimum Gasteiger partial charge on any atom is -0.456 e. The summed E-state index contributed by atoms with van der Waals surface area (Å²) >= 11 is 3.38. The summed E-state index contributed by atoms with van der Waals surface area (Å²) in [6, 6.07) is 10.8. The number of nitrogens with one attached hydrogen (secondary N) is 1. The van der Waals surface area contributed by atoms with Crippen LogP contribution in [0, 0.1) is 0 Å². The lowest BCUT2D eigenvalue weighted by Crippen LogP contribution is -2.34. The Balaban J connectivity index is 1.88. The van der Waals surface area contributed by atoms with Crippen molar-refractivity contribution >= 4 is 38.5 Å². The average molecular weight is 400 g/mol. The maximum Gasteiger partial charge on any atom is 0.320 e. The summed E-state index contributed by atoms with van der Waals surface area (Å²) < 4.78 is 30.9. The van der Waals surface area contributed by atoms with E-state index in [0.717, 1.165) is 22.2 Å². The predicted molar refractivity (Wildman–Crippen MR) is 90.4 cm³/mol. The molecule has 0 fully saturated rings. The molecule has 2 aromatic carbocycles. The lowest BCUT2D eigenvalue weighted by atomic mass is 10.0. The standard InChI is InChI=1S/C17H16BrF2NO3/c1-17(19,20)10-21-8-16(23)24-9-15(22)13-3-2-12-7-14(18)5-4-11(12)6-13/h2-7,21H,8-10H2,1H3. The number of carbonyl (C=O) groups excluding carboxylic acids is 2. The van der Waals surface area contributed by atoms with E-state index in [1.165, 1.54) is 0 Å². The number of esters is 1. The molecule has 4 nitrogen and oxygen atoms in total. The first-order chi connectivity index (χ1) is 11.2. The number of ether oxygens (including phenoxy) is 1. The van der Waals surface area contributed by atoms with E-state index in [2.05, 4.69) is 21.2 Å². The SMILES string of the molecule is CC(F)(F)CNCC(=O)OCC(=O)c1ccc2cc(Br)ccc2c1. The third kappa shape index (κ3) is 5.65. The van der Waals surface area contributed by atoms with E-state index < -0.39 is 25.0 Å². The summed E-state index contributed by atoms with van der Waals surface area (Å²) in [6.45, 7) is -0.684. The smallest absolute Gasteiger partial charge is 0.320 e. The molecular formula is C17H16BrF2NO3. The van der Waals surface area contributed by atoms with E-state index in [-0.39, 0.29) is 12.3 Å². The Bertz CT molecular complexity index is 759. The van der Waals surface area contributed by atoms with Crippen molar-refractivity contribution < 1.29 is 23.1 Å². The molecule has 2 aromatic rings. The molecule has 0 atom stereocenters. The fourth-order valence-electron chi connectivity index (χ4n) is 2.05. The van der Waals surface area contributed by atoms with Crippen molar-refractivity contribution in [3.63, 3.8) is 0 Å². The van der Waals surface area contributed by atoms with Gasteiger partial charge in [0.05, 0.1) is 13.1 Å². The molecule has 0 saturated heterocycles. The van der Waals surface area contributed by atoms with Crippen LogP contribution in [0.5, 0.6) is 0 Å². The fraction of sp³-hybridized carbons (Fsp3) is 0.294. The van der Waals surface area contributed by atoms with Crippen LogP contribution in [-0.4, -0.2) is 37.4 Å². The Morgan fingerprint density at radius 1 is 1.17 bits per heavy atom. The van der Waals surface area contributed by atoms with Gasteiger partial charge in [0.25, 0.3) is 5.92 Å². The zero-order chi connectivity index (χ0) is 17.7. The van der Waals surface area contributed by atoms with E-state index in [4.69, 9.17) is 4.74 Å². The molecule has 1 N–H and O–H groups in total. The second-order valence-corrected chi connectivity index (χ2v) is 6.38. The van der Waals surface area contributed by atoms with Gasteiger partial charge in [-0.25, -0.2) is 8.78 Å². The number of halogens is 3. The van der Waals surface area contributed by atoms with Crippen LogP contribution in [0.25, 0.3) is 10.8 Å². The van der Waals surface area contributed by atoms with E-state index in [9.17, 15) is 18.4 Å². The highest BCUT2D eigenvalue weighted by molar-refractivity contribution is 9.10. The third-order valence-corrected chi connectivity index (χ3v) is 3.69. The fourth-order valence-corrected chi connectivity index (χ4v) is 2.43. The predicted octanol–water partition coefficient (Wildman–Crippen LogP) is 3.57. The number of benzene rings is 2. The van der Waals surface area contributed by atoms with Crippen LogP contribution in [0.3, 0.4) is 0 Å². The van der Waals surface area contributed by atoms with Crippen molar-refractivity contribution in [2.75, 3.05) is 19.7 Å². The second-order valence-electron chi connectivity index (χ2n) is 5.46. The molecule has 0 amide bonds. The molecule has 0 radical (unpaired) electrons. The normalized spacial score (nSPS) is 11.5. The lowest BCUT2D eigenvalue weighted by Gasteiger charge is -2.11. The summed E-state index contributed by atoms with van der Waals surface area (Å²) in [7, 11) is 0. The van der Waals surface area contributed by atoms with E-state index in [1.807, 2.05) is 18.2 Å². The molecule has 128 valence electrons. The van der Waals surface area contributed by atoms with Gasteiger partial charge in [0.1, 0.15) is 0 Å². The zero-order valence-electron chi connectivity index (χ0n) is 12.9. The minimum atomic E-state index is -2.91. The van der Waals surface area contributed by atoms with Crippen molar-refractivity contribution in [3.8, 4) is 0 Å². The lowest BCUT2D eigenvalue weighted by molar-refractivity contribution is -0.141. The van der Waals surface area contributed by atoms with Gasteiger partial charge in [-0.05, 0) is 29.0 Å². The number of hydrogen-bond acceptors (Lipinski definition) is 4. The molecule has 0 saturated carbocycles. The van der Waals surface area contributed by atoms with Crippen LogP contribution >= 0.6 is 15.9 Å². The number of fused-ring (bicyclic) bond motifs is 1. The van der Waals surface area contributed by atoms with Gasteiger partial charge in [-0.1, -0.05) is 34.1 Å². The minimum absolute atomic E-state index is 0.353. The van der Waals surface area contributed by atoms with E-state index >= 15 is 0 Å². The van der Waals surface area contributed by atoms with Gasteiger partial charge in [0.2, 0.25) is 0 Å². The topological polar surface area (TPSA) is 55.4 Å². The molecule has 2 rings (SSSR count). The highest BCUT2D eigenvalue weighted by Gasteiger charge is 2.20. The van der Waals surface area contributed by atoms with Crippen LogP contribution in [0.1, 0.15) is 17.3 Å². The van der Waals surface area contributed by atoms with Gasteiger partial charge >= 0.3 is 5.97 Å². The molecule has 0 heterocycles. The highest BCUT2D eigenvalue weighted by Crippen LogP contribution is 2.21. The van der Waals surface area contributed by atoms with Crippen LogP contribution in [0.15, 0.2) is 40.9 Å². The summed E-state index contributed by atoms with van der Waals surface area (Å²) in [5.74, 6) is -4.01. The summed E-state index contributed by atoms with van der Waals surface area (Å²) in [4.78, 5) is 23.5. The highest BCUT2D eigenvalue weighted by atomic mass is 79.9. The van der Waals surface area contributed by atoms with Gasteiger partial charge in [-0.2, -0.15) is 0 Å². The van der Waals surface area contributed by atoms with Crippen molar-refractivity contribution in [2.45, 2.75) is 12.8 Å². The first-order valence-electron chi connectivity index (χ1n) is 7.21. The second kappa shape index (κ2) is 7.81. The molecule has 0 aliphatic rings. The first kappa shape index (κ1) is 18.5. The van der Waals surface area contributed by atoms with Crippen LogP contribution in [0.4, 0.5) is 8.78 Å². The Hall–Kier alpha value is -1.86. The number of ketones is 1. The van der Waals surface area contributed by atoms with Gasteiger partial charge in [-0.15, -0.1) is 0 Å². The summed E-state index contributed by atoms with van der Waals surface area (Å²) in [6.07, 6.45) is 0. The quantitative estimate of drug-likeness (QED) is 0.571. The number of Topliss-reactive ketones (excluding diaryl/α,β-unsaturated/α-hetero) is 1. The third-order valence-electron chi connectivity index (χ3n) is 3.19. The van der Waals surface area contributed by atoms with Gasteiger partial charge < -0.3 is 10.1 Å². The van der Waals surface area contributed by atoms with E-state index in [1.54, 1.807) is 18.2 Å². The summed E-state index contributed by atoms with van der Waals surface area (Å²) in [5, 5.41) is 4.14. The van der Waals surface area contributed by atoms with Crippen molar-refractivity contribution in [2.24, 2.45) is 0 Å². The van der Waals surface area contributed by atoms with Gasteiger partial charge in [-0.3, -0.25) is 9.59 Å². The molecule has 24 heavy (non-hydrogen) atoms. The maximum absolute atomic E-state index is 12.6. The number of rotatable bonds is 7. The van der Waals surface area contributed by atoms with Crippen LogP contribution in [-0.2, 0) is 9.53 Å². The molecule has 0 spiro atoms. The zero-order valence-corrected chi connectivity index (χ0v) is 14.5. The monoisotopic (exact) mass is 399 g/mol. The Kier molecular flexibility index (Phi) is 6.01. The molecule has 0 bridgehead atoms. The van der Waals surface area contributed by atoms with Gasteiger partial charge in [0, 0.05) is 17.0 Å². The number of alkyl halides is 2.